The third-order valence-corrected chi connectivity index (χ3v) is 1.75. The molecule has 1 saturated heterocycles. The van der Waals surface area contributed by atoms with Crippen LogP contribution in [0.25, 0.3) is 0 Å². The number of likely N-dealkylation sites (tertiary alicyclic amines) is 1. The van der Waals surface area contributed by atoms with E-state index in [9.17, 15) is 4.79 Å². The number of rotatable bonds is 2. The number of nitrogens with zero attached hydrogens (tertiary/aromatic N) is 1. The molecule has 58 valence electrons. The Morgan fingerprint density at radius 3 is 2.80 bits per heavy atom. The Morgan fingerprint density at radius 2 is 2.40 bits per heavy atom. The molecule has 4 nitrogen and oxygen atoms in total. The van der Waals surface area contributed by atoms with Crippen molar-refractivity contribution in [3.63, 3.8) is 0 Å². The van der Waals surface area contributed by atoms with Crippen LogP contribution in [-0.4, -0.2) is 30.1 Å². The summed E-state index contributed by atoms with van der Waals surface area (Å²) in [6.07, 6.45) is 1.29. The summed E-state index contributed by atoms with van der Waals surface area (Å²) in [4.78, 5) is 12.6. The third-order valence-electron chi connectivity index (χ3n) is 1.75. The lowest BCUT2D eigenvalue weighted by Gasteiger charge is -2.21. The van der Waals surface area contributed by atoms with Crippen molar-refractivity contribution in [2.24, 2.45) is 11.5 Å². The molecule has 4 N–H and O–H groups in total. The van der Waals surface area contributed by atoms with Gasteiger partial charge in [0.25, 0.3) is 0 Å². The average Bonchev–Trinajstić information content (AvgIpc) is 2.34. The Bertz CT molecular complexity index is 137. The Hall–Kier alpha value is -0.610. The molecule has 0 aromatic carbocycles. The Labute approximate surface area is 60.2 Å². The fourth-order valence-corrected chi connectivity index (χ4v) is 1.15. The lowest BCUT2D eigenvalue weighted by molar-refractivity contribution is -0.129. The molecule has 10 heavy (non-hydrogen) atoms. The number of hydrogen-bond donors (Lipinski definition) is 2. The van der Waals surface area contributed by atoms with Crippen molar-refractivity contribution in [3.05, 3.63) is 0 Å². The molecule has 1 rings (SSSR count). The van der Waals surface area contributed by atoms with Gasteiger partial charge in [-0.25, -0.2) is 0 Å². The van der Waals surface area contributed by atoms with Gasteiger partial charge in [-0.3, -0.25) is 4.79 Å². The number of carbonyl (C=O) groups is 1. The van der Waals surface area contributed by atoms with Gasteiger partial charge in [0.1, 0.15) is 0 Å². The predicted molar refractivity (Wildman–Crippen MR) is 38.0 cm³/mol. The minimum Gasteiger partial charge on any atom is -0.327 e. The number of nitrogens with two attached hydrogens (primary N) is 2. The molecule has 1 amide bonds. The highest BCUT2D eigenvalue weighted by atomic mass is 16.2. The van der Waals surface area contributed by atoms with Crippen LogP contribution in [0.4, 0.5) is 0 Å². The number of carbonyl (C=O) groups excluding carboxylic acids is 1. The van der Waals surface area contributed by atoms with Crippen LogP contribution in [0.5, 0.6) is 0 Å². The molecule has 1 fully saturated rings. The maximum Gasteiger partial charge on any atom is 0.223 e. The molecule has 0 saturated carbocycles. The Morgan fingerprint density at radius 1 is 1.70 bits per heavy atom. The summed E-state index contributed by atoms with van der Waals surface area (Å²) in [6.45, 7) is 1.13. The SMILES string of the molecule is NCC(N)N1CCCC1=O. The molecule has 1 atom stereocenters. The molecule has 1 unspecified atom stereocenters. The van der Waals surface area contributed by atoms with Crippen molar-refractivity contribution in [2.45, 2.75) is 19.0 Å². The minimum atomic E-state index is -0.269. The Kier molecular flexibility index (Phi) is 2.24. The fraction of sp³-hybridized carbons (Fsp3) is 0.833. The van der Waals surface area contributed by atoms with Crippen molar-refractivity contribution in [2.75, 3.05) is 13.1 Å². The van der Waals surface area contributed by atoms with Crippen molar-refractivity contribution < 1.29 is 4.79 Å². The molecule has 0 aromatic heterocycles. The lowest BCUT2D eigenvalue weighted by atomic mass is 10.4. The molecule has 4 heteroatoms. The smallest absolute Gasteiger partial charge is 0.223 e. The van der Waals surface area contributed by atoms with Gasteiger partial charge in [-0.15, -0.1) is 0 Å². The maximum absolute atomic E-state index is 11.0. The zero-order valence-corrected chi connectivity index (χ0v) is 5.92. The number of hydrogen-bond acceptors (Lipinski definition) is 3. The zero-order chi connectivity index (χ0) is 7.56. The first-order chi connectivity index (χ1) is 4.75. The molecular weight excluding hydrogens is 130 g/mol. The molecular formula is C6H13N3O. The van der Waals surface area contributed by atoms with Crippen LogP contribution in [-0.2, 0) is 4.79 Å². The van der Waals surface area contributed by atoms with E-state index < -0.39 is 0 Å². The van der Waals surface area contributed by atoms with Gasteiger partial charge in [0, 0.05) is 19.5 Å². The van der Waals surface area contributed by atoms with Crippen LogP contribution in [0.2, 0.25) is 0 Å². The van der Waals surface area contributed by atoms with Crippen LogP contribution in [0.3, 0.4) is 0 Å². The Balaban J connectivity index is 2.46. The standard InChI is InChI=1S/C6H13N3O/c7-4-5(8)9-3-1-2-6(9)10/h5H,1-4,7-8H2. The van der Waals surface area contributed by atoms with Gasteiger partial charge in [0.2, 0.25) is 5.91 Å². The minimum absolute atomic E-state index is 0.137. The molecule has 0 aromatic rings. The molecule has 0 radical (unpaired) electrons. The highest BCUT2D eigenvalue weighted by Gasteiger charge is 2.23. The molecule has 0 aliphatic carbocycles. The summed E-state index contributed by atoms with van der Waals surface area (Å²) in [7, 11) is 0. The van der Waals surface area contributed by atoms with Gasteiger partial charge in [-0.1, -0.05) is 0 Å². The van der Waals surface area contributed by atoms with E-state index in [2.05, 4.69) is 0 Å². The van der Waals surface area contributed by atoms with Gasteiger partial charge in [-0.05, 0) is 6.42 Å². The summed E-state index contributed by atoms with van der Waals surface area (Å²) in [5.41, 5.74) is 10.8. The van der Waals surface area contributed by atoms with E-state index in [-0.39, 0.29) is 12.1 Å². The third kappa shape index (κ3) is 1.27. The quantitative estimate of drug-likeness (QED) is 0.513. The number of amides is 1. The summed E-state index contributed by atoms with van der Waals surface area (Å²) < 4.78 is 0. The first-order valence-electron chi connectivity index (χ1n) is 3.51. The van der Waals surface area contributed by atoms with Gasteiger partial charge in [-0.2, -0.15) is 0 Å². The highest BCUT2D eigenvalue weighted by Crippen LogP contribution is 2.09. The predicted octanol–water partition coefficient (Wildman–Crippen LogP) is -1.15. The van der Waals surface area contributed by atoms with Crippen molar-refractivity contribution in [1.82, 2.24) is 4.90 Å². The monoisotopic (exact) mass is 143 g/mol. The van der Waals surface area contributed by atoms with Crippen molar-refractivity contribution in [1.29, 1.82) is 0 Å². The van der Waals surface area contributed by atoms with E-state index in [0.29, 0.717) is 13.0 Å². The molecule has 0 spiro atoms. The summed E-state index contributed by atoms with van der Waals surface area (Å²) in [5.74, 6) is 0.137. The molecule has 0 bridgehead atoms. The highest BCUT2D eigenvalue weighted by molar-refractivity contribution is 5.78. The topological polar surface area (TPSA) is 72.3 Å². The van der Waals surface area contributed by atoms with Gasteiger partial charge < -0.3 is 16.4 Å². The van der Waals surface area contributed by atoms with E-state index in [1.165, 1.54) is 0 Å². The van der Waals surface area contributed by atoms with Crippen molar-refractivity contribution in [3.8, 4) is 0 Å². The van der Waals surface area contributed by atoms with Gasteiger partial charge >= 0.3 is 0 Å². The van der Waals surface area contributed by atoms with E-state index in [1.54, 1.807) is 4.90 Å². The zero-order valence-electron chi connectivity index (χ0n) is 5.92. The van der Waals surface area contributed by atoms with Gasteiger partial charge in [0.05, 0.1) is 6.17 Å². The lowest BCUT2D eigenvalue weighted by Crippen LogP contribution is -2.47. The fourth-order valence-electron chi connectivity index (χ4n) is 1.15. The second kappa shape index (κ2) is 2.98. The van der Waals surface area contributed by atoms with E-state index in [4.69, 9.17) is 11.5 Å². The van der Waals surface area contributed by atoms with Crippen LogP contribution in [0.15, 0.2) is 0 Å². The van der Waals surface area contributed by atoms with Gasteiger partial charge in [0.15, 0.2) is 0 Å². The maximum atomic E-state index is 11.0. The largest absolute Gasteiger partial charge is 0.327 e. The summed E-state index contributed by atoms with van der Waals surface area (Å²) in [6, 6.07) is 0. The van der Waals surface area contributed by atoms with Crippen molar-refractivity contribution >= 4 is 5.91 Å². The normalized spacial score (nSPS) is 21.8. The molecule has 1 heterocycles. The van der Waals surface area contributed by atoms with Crippen LogP contribution < -0.4 is 11.5 Å². The first kappa shape index (κ1) is 7.50. The second-order valence-corrected chi connectivity index (χ2v) is 2.49. The van der Waals surface area contributed by atoms with Crippen LogP contribution >= 0.6 is 0 Å². The van der Waals surface area contributed by atoms with Crippen LogP contribution in [0.1, 0.15) is 12.8 Å². The van der Waals surface area contributed by atoms with E-state index in [0.717, 1.165) is 13.0 Å². The summed E-state index contributed by atoms with van der Waals surface area (Å²) in [5, 5.41) is 0. The van der Waals surface area contributed by atoms with E-state index in [1.807, 2.05) is 0 Å². The first-order valence-corrected chi connectivity index (χ1v) is 3.51. The molecule has 1 aliphatic rings. The van der Waals surface area contributed by atoms with E-state index >= 15 is 0 Å². The van der Waals surface area contributed by atoms with Crippen LogP contribution in [0, 0.1) is 0 Å². The summed E-state index contributed by atoms with van der Waals surface area (Å²) >= 11 is 0. The molecule has 1 aliphatic heterocycles. The second-order valence-electron chi connectivity index (χ2n) is 2.49. The average molecular weight is 143 g/mol.